The zero-order chi connectivity index (χ0) is 14.7. The number of methoxy groups -OCH3 is 2. The van der Waals surface area contributed by atoms with Gasteiger partial charge in [-0.1, -0.05) is 18.2 Å². The van der Waals surface area contributed by atoms with E-state index in [0.717, 1.165) is 16.9 Å². The molecular weight excluding hydrogens is 250 g/mol. The number of hydrogen-bond acceptors (Lipinski definition) is 3. The van der Waals surface area contributed by atoms with Gasteiger partial charge in [-0.3, -0.25) is 0 Å². The lowest BCUT2D eigenvalue weighted by molar-refractivity contribution is 0.355. The summed E-state index contributed by atoms with van der Waals surface area (Å²) in [5.74, 6) is 1.47. The quantitative estimate of drug-likeness (QED) is 0.926. The highest BCUT2D eigenvalue weighted by molar-refractivity contribution is 5.79. The van der Waals surface area contributed by atoms with Crippen LogP contribution < -0.4 is 15.2 Å². The number of aryl methyl sites for hydroxylation is 2. The highest BCUT2D eigenvalue weighted by Crippen LogP contribution is 2.41. The lowest BCUT2D eigenvalue weighted by atomic mass is 9.93. The highest BCUT2D eigenvalue weighted by Gasteiger charge is 2.16. The van der Waals surface area contributed by atoms with Crippen molar-refractivity contribution in [2.24, 2.45) is 5.73 Å². The second-order valence-corrected chi connectivity index (χ2v) is 4.85. The number of rotatable bonds is 4. The molecule has 20 heavy (non-hydrogen) atoms. The average Bonchev–Trinajstić information content (AvgIpc) is 2.46. The Morgan fingerprint density at radius 2 is 1.65 bits per heavy atom. The first kappa shape index (κ1) is 14.4. The van der Waals surface area contributed by atoms with E-state index in [1.54, 1.807) is 14.2 Å². The molecular formula is C17H21NO2. The minimum atomic E-state index is 0.471. The lowest BCUT2D eigenvalue weighted by Crippen LogP contribution is -2.01. The molecule has 0 radical (unpaired) electrons. The Balaban J connectivity index is 2.78. The molecule has 3 nitrogen and oxygen atoms in total. The van der Waals surface area contributed by atoms with Gasteiger partial charge in [0.2, 0.25) is 0 Å². The van der Waals surface area contributed by atoms with E-state index in [0.29, 0.717) is 12.3 Å². The predicted molar refractivity (Wildman–Crippen MR) is 82.3 cm³/mol. The number of hydrogen-bond donors (Lipinski definition) is 1. The summed E-state index contributed by atoms with van der Waals surface area (Å²) >= 11 is 0. The third-order valence-corrected chi connectivity index (χ3v) is 3.52. The smallest absolute Gasteiger partial charge is 0.168 e. The zero-order valence-corrected chi connectivity index (χ0v) is 12.5. The molecule has 2 aromatic rings. The molecule has 106 valence electrons. The maximum atomic E-state index is 5.79. The fourth-order valence-corrected chi connectivity index (χ4v) is 2.56. The van der Waals surface area contributed by atoms with E-state index in [1.807, 2.05) is 6.07 Å². The van der Waals surface area contributed by atoms with Gasteiger partial charge in [0.25, 0.3) is 0 Å². The Kier molecular flexibility index (Phi) is 4.30. The first-order valence-electron chi connectivity index (χ1n) is 6.64. The first-order valence-corrected chi connectivity index (χ1v) is 6.64. The fraction of sp³-hybridized carbons (Fsp3) is 0.294. The van der Waals surface area contributed by atoms with Crippen molar-refractivity contribution in [3.05, 3.63) is 47.0 Å². The van der Waals surface area contributed by atoms with Crippen molar-refractivity contribution in [1.82, 2.24) is 0 Å². The van der Waals surface area contributed by atoms with Gasteiger partial charge in [-0.15, -0.1) is 0 Å². The zero-order valence-electron chi connectivity index (χ0n) is 12.5. The Hall–Kier alpha value is -2.00. The van der Waals surface area contributed by atoms with Crippen molar-refractivity contribution in [2.75, 3.05) is 14.2 Å². The first-order chi connectivity index (χ1) is 9.62. The Labute approximate surface area is 120 Å². The van der Waals surface area contributed by atoms with Crippen LogP contribution in [0.5, 0.6) is 11.5 Å². The molecule has 2 rings (SSSR count). The van der Waals surface area contributed by atoms with Crippen molar-refractivity contribution >= 4 is 0 Å². The van der Waals surface area contributed by atoms with E-state index in [2.05, 4.69) is 38.1 Å². The third-order valence-electron chi connectivity index (χ3n) is 3.52. The molecule has 0 spiro atoms. The van der Waals surface area contributed by atoms with Crippen LogP contribution in [0.25, 0.3) is 11.1 Å². The Morgan fingerprint density at radius 3 is 2.15 bits per heavy atom. The molecule has 0 amide bonds. The van der Waals surface area contributed by atoms with E-state index in [1.165, 1.54) is 16.7 Å². The summed E-state index contributed by atoms with van der Waals surface area (Å²) in [6, 6.07) is 10.3. The molecule has 0 saturated carbocycles. The monoisotopic (exact) mass is 271 g/mol. The van der Waals surface area contributed by atoms with E-state index in [4.69, 9.17) is 15.2 Å². The molecule has 0 aliphatic rings. The van der Waals surface area contributed by atoms with E-state index in [9.17, 15) is 0 Å². The largest absolute Gasteiger partial charge is 0.493 e. The normalized spacial score (nSPS) is 10.4. The second-order valence-electron chi connectivity index (χ2n) is 4.85. The standard InChI is InChI=1S/C17H21NO2/c1-11-6-5-7-12(2)16(11)14-8-13(10-18)9-15(19-3)17(14)20-4/h5-9H,10,18H2,1-4H3. The van der Waals surface area contributed by atoms with E-state index < -0.39 is 0 Å². The SMILES string of the molecule is COc1cc(CN)cc(-c2c(C)cccc2C)c1OC. The summed E-state index contributed by atoms with van der Waals surface area (Å²) < 4.78 is 11.0. The number of ether oxygens (including phenoxy) is 2. The molecule has 3 heteroatoms. The van der Waals surface area contributed by atoms with Crippen LogP contribution in [0.2, 0.25) is 0 Å². The Morgan fingerprint density at radius 1 is 1.00 bits per heavy atom. The molecule has 0 aliphatic carbocycles. The molecule has 0 fully saturated rings. The fourth-order valence-electron chi connectivity index (χ4n) is 2.56. The van der Waals surface area contributed by atoms with Crippen LogP contribution in [-0.4, -0.2) is 14.2 Å². The minimum Gasteiger partial charge on any atom is -0.493 e. The molecule has 0 bridgehead atoms. The molecule has 0 aromatic heterocycles. The van der Waals surface area contributed by atoms with Crippen molar-refractivity contribution in [3.63, 3.8) is 0 Å². The van der Waals surface area contributed by atoms with Crippen molar-refractivity contribution in [2.45, 2.75) is 20.4 Å². The highest BCUT2D eigenvalue weighted by atomic mass is 16.5. The van der Waals surface area contributed by atoms with E-state index >= 15 is 0 Å². The number of nitrogens with two attached hydrogens (primary N) is 1. The van der Waals surface area contributed by atoms with Gasteiger partial charge in [0.05, 0.1) is 14.2 Å². The molecule has 2 N–H and O–H groups in total. The van der Waals surface area contributed by atoms with Crippen LogP contribution in [0.4, 0.5) is 0 Å². The van der Waals surface area contributed by atoms with Crippen molar-refractivity contribution in [3.8, 4) is 22.6 Å². The number of benzene rings is 2. The van der Waals surface area contributed by atoms with Crippen LogP contribution in [-0.2, 0) is 6.54 Å². The van der Waals surface area contributed by atoms with Gasteiger partial charge in [-0.05, 0) is 48.2 Å². The summed E-state index contributed by atoms with van der Waals surface area (Å²) in [4.78, 5) is 0. The van der Waals surface area contributed by atoms with Crippen LogP contribution in [0.15, 0.2) is 30.3 Å². The topological polar surface area (TPSA) is 44.5 Å². The molecule has 2 aromatic carbocycles. The van der Waals surface area contributed by atoms with Gasteiger partial charge < -0.3 is 15.2 Å². The maximum Gasteiger partial charge on any atom is 0.168 e. The van der Waals surface area contributed by atoms with Gasteiger partial charge in [0, 0.05) is 12.1 Å². The van der Waals surface area contributed by atoms with Crippen LogP contribution in [0, 0.1) is 13.8 Å². The van der Waals surface area contributed by atoms with E-state index in [-0.39, 0.29) is 0 Å². The summed E-state index contributed by atoms with van der Waals surface area (Å²) in [6.07, 6.45) is 0. The molecule has 0 saturated heterocycles. The average molecular weight is 271 g/mol. The molecule has 0 unspecified atom stereocenters. The van der Waals surface area contributed by atoms with Gasteiger partial charge in [-0.25, -0.2) is 0 Å². The summed E-state index contributed by atoms with van der Waals surface area (Å²) in [7, 11) is 3.31. The summed E-state index contributed by atoms with van der Waals surface area (Å²) in [6.45, 7) is 4.67. The Bertz CT molecular complexity index is 600. The summed E-state index contributed by atoms with van der Waals surface area (Å²) in [5, 5.41) is 0. The maximum absolute atomic E-state index is 5.79. The van der Waals surface area contributed by atoms with Crippen LogP contribution in [0.1, 0.15) is 16.7 Å². The van der Waals surface area contributed by atoms with Gasteiger partial charge in [0.15, 0.2) is 11.5 Å². The van der Waals surface area contributed by atoms with Crippen LogP contribution in [0.3, 0.4) is 0 Å². The molecule has 0 heterocycles. The molecule has 0 atom stereocenters. The van der Waals surface area contributed by atoms with Gasteiger partial charge >= 0.3 is 0 Å². The van der Waals surface area contributed by atoms with Crippen molar-refractivity contribution in [1.29, 1.82) is 0 Å². The van der Waals surface area contributed by atoms with Crippen LogP contribution >= 0.6 is 0 Å². The van der Waals surface area contributed by atoms with Gasteiger partial charge in [-0.2, -0.15) is 0 Å². The lowest BCUT2D eigenvalue weighted by Gasteiger charge is -2.18. The van der Waals surface area contributed by atoms with Gasteiger partial charge in [0.1, 0.15) is 0 Å². The molecule has 0 aliphatic heterocycles. The van der Waals surface area contributed by atoms with Crippen molar-refractivity contribution < 1.29 is 9.47 Å². The summed E-state index contributed by atoms with van der Waals surface area (Å²) in [5.41, 5.74) is 11.4. The second kappa shape index (κ2) is 5.97. The third kappa shape index (κ3) is 2.49. The minimum absolute atomic E-state index is 0.471. The predicted octanol–water partition coefficient (Wildman–Crippen LogP) is 3.45.